The minimum absolute atomic E-state index is 0.169. The molecule has 1 aliphatic heterocycles. The number of hydrogen-bond acceptors (Lipinski definition) is 4. The van der Waals surface area contributed by atoms with Crippen LogP contribution in [0.1, 0.15) is 25.3 Å². The van der Waals surface area contributed by atoms with Crippen molar-refractivity contribution in [2.75, 3.05) is 39.8 Å². The molecule has 0 radical (unpaired) electrons. The van der Waals surface area contributed by atoms with E-state index in [-0.39, 0.29) is 17.7 Å². The summed E-state index contributed by atoms with van der Waals surface area (Å²) < 4.78 is 5.58. The second-order valence-electron chi connectivity index (χ2n) is 8.10. The van der Waals surface area contributed by atoms with Gasteiger partial charge in [0.2, 0.25) is 11.8 Å². The molecule has 0 spiro atoms. The van der Waals surface area contributed by atoms with E-state index >= 15 is 0 Å². The average Bonchev–Trinajstić information content (AvgIpc) is 2.92. The number of amides is 2. The predicted molar refractivity (Wildman–Crippen MR) is 123 cm³/mol. The molecule has 1 saturated heterocycles. The van der Waals surface area contributed by atoms with Gasteiger partial charge < -0.3 is 20.3 Å². The predicted octanol–water partition coefficient (Wildman–Crippen LogP) is 2.95. The number of rotatable bonds is 9. The summed E-state index contributed by atoms with van der Waals surface area (Å²) in [6, 6.07) is 16.2. The number of hydrogen-bond donors (Lipinski definition) is 1. The van der Waals surface area contributed by atoms with E-state index in [9.17, 15) is 9.59 Å². The highest BCUT2D eigenvalue weighted by atomic mass is 16.5. The molecule has 3 rings (SSSR count). The number of carbonyl (C=O) groups excluding carboxylic acids is 2. The van der Waals surface area contributed by atoms with Crippen molar-refractivity contribution >= 4 is 11.8 Å². The van der Waals surface area contributed by atoms with E-state index in [0.717, 1.165) is 42.0 Å². The van der Waals surface area contributed by atoms with Crippen molar-refractivity contribution < 1.29 is 14.3 Å². The molecule has 2 amide bonds. The van der Waals surface area contributed by atoms with Gasteiger partial charge in [0.15, 0.2) is 0 Å². The van der Waals surface area contributed by atoms with Crippen LogP contribution < -0.4 is 10.5 Å². The molecular formula is C25H33N3O3. The van der Waals surface area contributed by atoms with Gasteiger partial charge in [-0.25, -0.2) is 0 Å². The van der Waals surface area contributed by atoms with Crippen molar-refractivity contribution in [3.8, 4) is 16.9 Å². The van der Waals surface area contributed by atoms with Gasteiger partial charge >= 0.3 is 0 Å². The summed E-state index contributed by atoms with van der Waals surface area (Å²) in [7, 11) is 1.68. The SMILES string of the molecule is CCCN1CCN(CCC(N)=O)CC(Cc2ccccc2-c2ccccc2OC)C1=O. The van der Waals surface area contributed by atoms with Crippen LogP contribution in [-0.2, 0) is 16.0 Å². The van der Waals surface area contributed by atoms with E-state index in [2.05, 4.69) is 30.0 Å². The summed E-state index contributed by atoms with van der Waals surface area (Å²) in [5.74, 6) is 0.535. The van der Waals surface area contributed by atoms with E-state index in [1.807, 2.05) is 35.2 Å². The standard InChI is InChI=1S/C25H33N3O3/c1-3-13-28-16-15-27(14-12-24(26)29)18-20(25(28)30)17-19-8-4-5-9-21(19)22-10-6-7-11-23(22)31-2/h4-11,20H,3,12-18H2,1-2H3,(H2,26,29). The molecule has 1 fully saturated rings. The van der Waals surface area contributed by atoms with Crippen molar-refractivity contribution in [2.24, 2.45) is 11.7 Å². The fourth-order valence-corrected chi connectivity index (χ4v) is 4.32. The number of nitrogens with two attached hydrogens (primary N) is 1. The van der Waals surface area contributed by atoms with Crippen molar-refractivity contribution in [1.29, 1.82) is 0 Å². The van der Waals surface area contributed by atoms with E-state index in [1.165, 1.54) is 0 Å². The zero-order chi connectivity index (χ0) is 22.2. The van der Waals surface area contributed by atoms with Gasteiger partial charge in [-0.2, -0.15) is 0 Å². The molecule has 166 valence electrons. The molecule has 0 aromatic heterocycles. The molecule has 1 unspecified atom stereocenters. The summed E-state index contributed by atoms with van der Waals surface area (Å²) in [6.45, 7) is 5.53. The number of primary amides is 1. The number of para-hydroxylation sites is 1. The Balaban J connectivity index is 1.89. The van der Waals surface area contributed by atoms with Crippen LogP contribution in [0.15, 0.2) is 48.5 Å². The van der Waals surface area contributed by atoms with Gasteiger partial charge in [0.25, 0.3) is 0 Å². The second kappa shape index (κ2) is 11.0. The molecule has 6 nitrogen and oxygen atoms in total. The minimum Gasteiger partial charge on any atom is -0.496 e. The molecular weight excluding hydrogens is 390 g/mol. The number of nitrogens with zero attached hydrogens (tertiary/aromatic N) is 2. The molecule has 0 saturated carbocycles. The van der Waals surface area contributed by atoms with Crippen LogP contribution in [0.4, 0.5) is 0 Å². The molecule has 2 aromatic carbocycles. The number of benzene rings is 2. The Bertz CT molecular complexity index is 899. The van der Waals surface area contributed by atoms with Crippen LogP contribution >= 0.6 is 0 Å². The zero-order valence-electron chi connectivity index (χ0n) is 18.5. The Labute approximate surface area is 185 Å². The molecule has 31 heavy (non-hydrogen) atoms. The van der Waals surface area contributed by atoms with Crippen LogP contribution in [0.5, 0.6) is 5.75 Å². The third-order valence-corrected chi connectivity index (χ3v) is 5.87. The normalized spacial score (nSPS) is 17.4. The summed E-state index contributed by atoms with van der Waals surface area (Å²) in [6.07, 6.45) is 1.88. The topological polar surface area (TPSA) is 75.9 Å². The van der Waals surface area contributed by atoms with Crippen LogP contribution in [0, 0.1) is 5.92 Å². The average molecular weight is 424 g/mol. The van der Waals surface area contributed by atoms with E-state index in [4.69, 9.17) is 10.5 Å². The summed E-state index contributed by atoms with van der Waals surface area (Å²) in [5.41, 5.74) is 8.60. The molecule has 6 heteroatoms. The lowest BCUT2D eigenvalue weighted by Gasteiger charge is -2.25. The molecule has 0 bridgehead atoms. The number of ether oxygens (including phenoxy) is 1. The first kappa shape index (κ1) is 22.8. The highest BCUT2D eigenvalue weighted by molar-refractivity contribution is 5.81. The first-order valence-corrected chi connectivity index (χ1v) is 11.0. The lowest BCUT2D eigenvalue weighted by Crippen LogP contribution is -2.38. The van der Waals surface area contributed by atoms with Crippen molar-refractivity contribution in [2.45, 2.75) is 26.2 Å². The first-order valence-electron chi connectivity index (χ1n) is 11.0. The highest BCUT2D eigenvalue weighted by Gasteiger charge is 2.30. The van der Waals surface area contributed by atoms with Crippen LogP contribution in [0.3, 0.4) is 0 Å². The largest absolute Gasteiger partial charge is 0.496 e. The quantitative estimate of drug-likeness (QED) is 0.673. The van der Waals surface area contributed by atoms with Gasteiger partial charge in [-0.1, -0.05) is 49.4 Å². The van der Waals surface area contributed by atoms with Gasteiger partial charge in [-0.05, 0) is 30.0 Å². The second-order valence-corrected chi connectivity index (χ2v) is 8.10. The minimum atomic E-state index is -0.306. The molecule has 1 atom stereocenters. The van der Waals surface area contributed by atoms with Crippen LogP contribution in [0.2, 0.25) is 0 Å². The molecule has 2 N–H and O–H groups in total. The third kappa shape index (κ3) is 5.85. The Morgan fingerprint density at radius 2 is 1.77 bits per heavy atom. The highest BCUT2D eigenvalue weighted by Crippen LogP contribution is 2.33. The maximum atomic E-state index is 13.4. The first-order chi connectivity index (χ1) is 15.0. The van der Waals surface area contributed by atoms with Gasteiger partial charge in [-0.3, -0.25) is 9.59 Å². The van der Waals surface area contributed by atoms with Gasteiger partial charge in [0.1, 0.15) is 5.75 Å². The van der Waals surface area contributed by atoms with E-state index < -0.39 is 0 Å². The lowest BCUT2D eigenvalue weighted by molar-refractivity contribution is -0.134. The monoisotopic (exact) mass is 423 g/mol. The fourth-order valence-electron chi connectivity index (χ4n) is 4.32. The van der Waals surface area contributed by atoms with Gasteiger partial charge in [0, 0.05) is 44.7 Å². The molecule has 1 heterocycles. The molecule has 2 aromatic rings. The number of methoxy groups -OCH3 is 1. The maximum absolute atomic E-state index is 13.4. The summed E-state index contributed by atoms with van der Waals surface area (Å²) in [4.78, 5) is 28.9. The smallest absolute Gasteiger partial charge is 0.227 e. The Hall–Kier alpha value is -2.86. The maximum Gasteiger partial charge on any atom is 0.227 e. The van der Waals surface area contributed by atoms with Crippen molar-refractivity contribution in [1.82, 2.24) is 9.80 Å². The Kier molecular flexibility index (Phi) is 8.06. The van der Waals surface area contributed by atoms with Crippen LogP contribution in [-0.4, -0.2) is 61.4 Å². The summed E-state index contributed by atoms with van der Waals surface area (Å²) in [5, 5.41) is 0. The molecule has 0 aliphatic carbocycles. The van der Waals surface area contributed by atoms with E-state index in [1.54, 1.807) is 7.11 Å². The van der Waals surface area contributed by atoms with E-state index in [0.29, 0.717) is 32.5 Å². The third-order valence-electron chi connectivity index (χ3n) is 5.87. The Morgan fingerprint density at radius 1 is 1.06 bits per heavy atom. The summed E-state index contributed by atoms with van der Waals surface area (Å²) >= 11 is 0. The van der Waals surface area contributed by atoms with Gasteiger partial charge in [-0.15, -0.1) is 0 Å². The molecule has 1 aliphatic rings. The number of carbonyl (C=O) groups is 2. The fraction of sp³-hybridized carbons (Fsp3) is 0.440. The zero-order valence-corrected chi connectivity index (χ0v) is 18.5. The van der Waals surface area contributed by atoms with Gasteiger partial charge in [0.05, 0.1) is 13.0 Å². The Morgan fingerprint density at radius 3 is 2.48 bits per heavy atom. The van der Waals surface area contributed by atoms with Crippen molar-refractivity contribution in [3.63, 3.8) is 0 Å². The lowest BCUT2D eigenvalue weighted by atomic mass is 9.91. The van der Waals surface area contributed by atoms with Crippen LogP contribution in [0.25, 0.3) is 11.1 Å². The van der Waals surface area contributed by atoms with Crippen molar-refractivity contribution in [3.05, 3.63) is 54.1 Å².